The first-order chi connectivity index (χ1) is 9.22. The smallest absolute Gasteiger partial charge is 0.0871 e. The molecule has 0 spiro atoms. The second-order valence-electron chi connectivity index (χ2n) is 5.70. The van der Waals surface area contributed by atoms with Gasteiger partial charge in [-0.1, -0.05) is 32.6 Å². The van der Waals surface area contributed by atoms with E-state index in [1.54, 1.807) is 0 Å². The highest BCUT2D eigenvalue weighted by molar-refractivity contribution is 5.16. The van der Waals surface area contributed by atoms with Crippen molar-refractivity contribution < 1.29 is 4.74 Å². The Kier molecular flexibility index (Phi) is 4.99. The summed E-state index contributed by atoms with van der Waals surface area (Å²) < 4.78 is 7.86. The lowest BCUT2D eigenvalue weighted by Crippen LogP contribution is -2.42. The first kappa shape index (κ1) is 14.5. The van der Waals surface area contributed by atoms with Gasteiger partial charge >= 0.3 is 0 Å². The van der Waals surface area contributed by atoms with E-state index < -0.39 is 0 Å². The van der Waals surface area contributed by atoms with Crippen LogP contribution in [0.2, 0.25) is 0 Å². The van der Waals surface area contributed by atoms with Crippen molar-refractivity contribution in [3.05, 3.63) is 18.0 Å². The number of nitrogens with two attached hydrogens (primary N) is 1. The Bertz CT molecular complexity index is 380. The first-order valence-corrected chi connectivity index (χ1v) is 7.55. The van der Waals surface area contributed by atoms with Crippen LogP contribution in [0.3, 0.4) is 0 Å². The number of nitrogens with zero attached hydrogens (tertiary/aromatic N) is 2. The van der Waals surface area contributed by atoms with E-state index in [0.717, 1.165) is 31.4 Å². The molecule has 0 radical (unpaired) electrons. The van der Waals surface area contributed by atoms with Crippen molar-refractivity contribution in [3.63, 3.8) is 0 Å². The molecule has 0 aliphatic heterocycles. The van der Waals surface area contributed by atoms with Gasteiger partial charge in [-0.05, 0) is 19.3 Å². The zero-order chi connectivity index (χ0) is 13.7. The Morgan fingerprint density at radius 3 is 2.63 bits per heavy atom. The van der Waals surface area contributed by atoms with Crippen LogP contribution in [0.5, 0.6) is 0 Å². The summed E-state index contributed by atoms with van der Waals surface area (Å²) in [5.41, 5.74) is 7.43. The highest BCUT2D eigenvalue weighted by Gasteiger charge is 2.38. The number of methoxy groups -OCH3 is 1. The van der Waals surface area contributed by atoms with Crippen molar-refractivity contribution in [3.8, 4) is 0 Å². The predicted octanol–water partition coefficient (Wildman–Crippen LogP) is 3.03. The van der Waals surface area contributed by atoms with E-state index in [1.807, 2.05) is 18.0 Å². The molecule has 1 fully saturated rings. The zero-order valence-corrected chi connectivity index (χ0v) is 12.3. The van der Waals surface area contributed by atoms with E-state index in [0.29, 0.717) is 0 Å². The van der Waals surface area contributed by atoms with E-state index in [-0.39, 0.29) is 11.6 Å². The first-order valence-electron chi connectivity index (χ1n) is 7.55. The number of aromatic nitrogens is 2. The molecule has 1 unspecified atom stereocenters. The molecule has 1 aromatic rings. The SMILES string of the molecule is CCCn1cc(C(N)C2(OC)CCCCCC2)cn1. The van der Waals surface area contributed by atoms with Gasteiger partial charge in [0.25, 0.3) is 0 Å². The van der Waals surface area contributed by atoms with E-state index in [9.17, 15) is 0 Å². The largest absolute Gasteiger partial charge is 0.376 e. The van der Waals surface area contributed by atoms with Gasteiger partial charge in [-0.15, -0.1) is 0 Å². The van der Waals surface area contributed by atoms with E-state index in [4.69, 9.17) is 10.5 Å². The lowest BCUT2D eigenvalue weighted by molar-refractivity contribution is -0.0442. The summed E-state index contributed by atoms with van der Waals surface area (Å²) in [6.45, 7) is 3.11. The molecule has 1 atom stereocenters. The Balaban J connectivity index is 2.15. The maximum atomic E-state index is 6.52. The van der Waals surface area contributed by atoms with Gasteiger partial charge in [-0.3, -0.25) is 4.68 Å². The summed E-state index contributed by atoms with van der Waals surface area (Å²) in [6.07, 6.45) is 12.2. The van der Waals surface area contributed by atoms with Crippen molar-refractivity contribution in [1.29, 1.82) is 0 Å². The molecule has 4 nitrogen and oxygen atoms in total. The molecule has 1 aliphatic rings. The van der Waals surface area contributed by atoms with Crippen LogP contribution in [0.4, 0.5) is 0 Å². The van der Waals surface area contributed by atoms with Crippen LogP contribution in [0.25, 0.3) is 0 Å². The van der Waals surface area contributed by atoms with Crippen molar-refractivity contribution >= 4 is 0 Å². The normalized spacial score (nSPS) is 21.0. The van der Waals surface area contributed by atoms with Gasteiger partial charge in [0.1, 0.15) is 0 Å². The summed E-state index contributed by atoms with van der Waals surface area (Å²) in [7, 11) is 1.81. The quantitative estimate of drug-likeness (QED) is 0.833. The molecule has 0 saturated heterocycles. The lowest BCUT2D eigenvalue weighted by atomic mass is 9.84. The van der Waals surface area contributed by atoms with Gasteiger partial charge in [0.05, 0.1) is 17.8 Å². The van der Waals surface area contributed by atoms with Gasteiger partial charge < -0.3 is 10.5 Å². The van der Waals surface area contributed by atoms with Crippen LogP contribution in [0.15, 0.2) is 12.4 Å². The second-order valence-corrected chi connectivity index (χ2v) is 5.70. The van der Waals surface area contributed by atoms with Crippen molar-refractivity contribution in [2.75, 3.05) is 7.11 Å². The molecule has 1 aliphatic carbocycles. The average molecular weight is 265 g/mol. The molecule has 19 heavy (non-hydrogen) atoms. The molecule has 2 rings (SSSR count). The van der Waals surface area contributed by atoms with Crippen molar-refractivity contribution in [2.24, 2.45) is 5.73 Å². The molecule has 1 aromatic heterocycles. The fraction of sp³-hybridized carbons (Fsp3) is 0.800. The predicted molar refractivity (Wildman–Crippen MR) is 76.9 cm³/mol. The van der Waals surface area contributed by atoms with Crippen molar-refractivity contribution in [1.82, 2.24) is 9.78 Å². The van der Waals surface area contributed by atoms with Crippen LogP contribution >= 0.6 is 0 Å². The molecular formula is C15H27N3O. The van der Waals surface area contributed by atoms with Crippen LogP contribution in [-0.4, -0.2) is 22.5 Å². The summed E-state index contributed by atoms with van der Waals surface area (Å²) >= 11 is 0. The third-order valence-electron chi connectivity index (χ3n) is 4.39. The summed E-state index contributed by atoms with van der Waals surface area (Å²) in [5.74, 6) is 0. The maximum absolute atomic E-state index is 6.52. The van der Waals surface area contributed by atoms with Gasteiger partial charge in [-0.2, -0.15) is 5.10 Å². The minimum absolute atomic E-state index is 0.0683. The van der Waals surface area contributed by atoms with Crippen LogP contribution < -0.4 is 5.73 Å². The standard InChI is InChI=1S/C15H27N3O/c1-3-10-18-12-13(11-17-18)14(16)15(19-2)8-6-4-5-7-9-15/h11-12,14H,3-10,16H2,1-2H3. The van der Waals surface area contributed by atoms with E-state index in [2.05, 4.69) is 18.2 Å². The summed E-state index contributed by atoms with van der Waals surface area (Å²) in [6, 6.07) is -0.0683. The monoisotopic (exact) mass is 265 g/mol. The minimum atomic E-state index is -0.198. The number of hydrogen-bond acceptors (Lipinski definition) is 3. The Labute approximate surface area is 116 Å². The Hall–Kier alpha value is -0.870. The molecule has 0 aromatic carbocycles. The Morgan fingerprint density at radius 1 is 1.37 bits per heavy atom. The zero-order valence-electron chi connectivity index (χ0n) is 12.3. The van der Waals surface area contributed by atoms with Crippen LogP contribution in [0.1, 0.15) is 63.5 Å². The number of ether oxygens (including phenoxy) is 1. The third-order valence-corrected chi connectivity index (χ3v) is 4.39. The summed E-state index contributed by atoms with van der Waals surface area (Å²) in [5, 5.41) is 4.39. The number of hydrogen-bond donors (Lipinski definition) is 1. The molecule has 1 saturated carbocycles. The van der Waals surface area contributed by atoms with Crippen LogP contribution in [-0.2, 0) is 11.3 Å². The minimum Gasteiger partial charge on any atom is -0.376 e. The fourth-order valence-corrected chi connectivity index (χ4v) is 3.16. The van der Waals surface area contributed by atoms with Gasteiger partial charge in [0.2, 0.25) is 0 Å². The second kappa shape index (κ2) is 6.53. The molecule has 4 heteroatoms. The van der Waals surface area contributed by atoms with Crippen LogP contribution in [0, 0.1) is 0 Å². The highest BCUT2D eigenvalue weighted by atomic mass is 16.5. The molecule has 1 heterocycles. The van der Waals surface area contributed by atoms with Crippen molar-refractivity contribution in [2.45, 2.75) is 70.1 Å². The maximum Gasteiger partial charge on any atom is 0.0871 e. The van der Waals surface area contributed by atoms with Gasteiger partial charge in [0.15, 0.2) is 0 Å². The topological polar surface area (TPSA) is 53.1 Å². The van der Waals surface area contributed by atoms with Gasteiger partial charge in [-0.25, -0.2) is 0 Å². The highest BCUT2D eigenvalue weighted by Crippen LogP contribution is 2.38. The number of aryl methyl sites for hydroxylation is 1. The van der Waals surface area contributed by atoms with E-state index >= 15 is 0 Å². The van der Waals surface area contributed by atoms with Gasteiger partial charge in [0, 0.05) is 25.4 Å². The average Bonchev–Trinajstić information content (AvgIpc) is 2.75. The molecular weight excluding hydrogens is 238 g/mol. The molecule has 108 valence electrons. The number of rotatable bonds is 5. The van der Waals surface area contributed by atoms with E-state index in [1.165, 1.54) is 25.7 Å². The third kappa shape index (κ3) is 3.18. The lowest BCUT2D eigenvalue weighted by Gasteiger charge is -2.36. The fourth-order valence-electron chi connectivity index (χ4n) is 3.16. The molecule has 2 N–H and O–H groups in total. The Morgan fingerprint density at radius 2 is 2.05 bits per heavy atom. The molecule has 0 bridgehead atoms. The summed E-state index contributed by atoms with van der Waals surface area (Å²) in [4.78, 5) is 0. The molecule has 0 amide bonds.